The Balaban J connectivity index is 5.17. The van der Waals surface area contributed by atoms with Crippen LogP contribution in [0.2, 0.25) is 0 Å². The van der Waals surface area contributed by atoms with Crippen LogP contribution in [0, 0.1) is 5.92 Å². The van der Waals surface area contributed by atoms with Crippen LogP contribution in [0.1, 0.15) is 446 Å². The third kappa shape index (κ3) is 76.3. The van der Waals surface area contributed by atoms with Crippen LogP contribution in [0.15, 0.2) is 0 Å². The Labute approximate surface area is 626 Å². The number of ether oxygens (including phenoxy) is 4. The lowest BCUT2D eigenvalue weighted by atomic mass is 10.0. The van der Waals surface area contributed by atoms with Gasteiger partial charge in [0.15, 0.2) is 12.2 Å². The summed E-state index contributed by atoms with van der Waals surface area (Å²) in [5.74, 6) is -1.43. The standard InChI is InChI=1S/C83H162O17P2/c1-6-9-12-15-18-21-24-26-28-30-32-34-36-38-40-42-45-47-50-56-61-66-80(85)93-72-78(99-83(88)69-64-59-52-49-46-43-41-39-37-35-33-31-29-27-25-22-19-16-13-10-7-2)74-97-101(89,90)95-70-77(84)71-96-102(91,92)98-75-79(73-94-81(86)67-62-57-54-53-55-60-65-76(4)5)100-82(87)68-63-58-51-48-44-23-20-17-14-11-8-3/h76-79,84H,6-75H2,1-5H3,(H,89,90)(H,91,92)/t77-,78-,79-/m1/s1. The second kappa shape index (κ2) is 75.9. The molecule has 0 heterocycles. The van der Waals surface area contributed by atoms with Crippen molar-refractivity contribution in [2.45, 2.75) is 464 Å². The zero-order chi connectivity index (χ0) is 74.8. The van der Waals surface area contributed by atoms with Crippen molar-refractivity contribution in [2.75, 3.05) is 39.6 Å². The number of hydrogen-bond donors (Lipinski definition) is 3. The highest BCUT2D eigenvalue weighted by Crippen LogP contribution is 2.45. The van der Waals surface area contributed by atoms with Crippen molar-refractivity contribution in [2.24, 2.45) is 5.92 Å². The maximum atomic E-state index is 13.1. The molecule has 0 radical (unpaired) electrons. The van der Waals surface area contributed by atoms with Gasteiger partial charge in [0.1, 0.15) is 19.3 Å². The number of phosphoric ester groups is 2. The molecule has 0 bridgehead atoms. The van der Waals surface area contributed by atoms with Gasteiger partial charge in [-0.1, -0.05) is 394 Å². The molecule has 0 fully saturated rings. The average Bonchev–Trinajstić information content (AvgIpc) is 0.910. The molecule has 0 saturated carbocycles. The van der Waals surface area contributed by atoms with Crippen molar-refractivity contribution < 1.29 is 80.2 Å². The summed E-state index contributed by atoms with van der Waals surface area (Å²) < 4.78 is 68.7. The third-order valence-electron chi connectivity index (χ3n) is 19.5. The highest BCUT2D eigenvalue weighted by molar-refractivity contribution is 7.47. The van der Waals surface area contributed by atoms with E-state index in [1.165, 1.54) is 263 Å². The molecule has 0 spiro atoms. The molecule has 5 atom stereocenters. The number of unbranched alkanes of at least 4 members (excludes halogenated alkanes) is 55. The van der Waals surface area contributed by atoms with Crippen molar-refractivity contribution in [1.29, 1.82) is 0 Å². The highest BCUT2D eigenvalue weighted by Gasteiger charge is 2.30. The van der Waals surface area contributed by atoms with E-state index in [0.717, 1.165) is 96.3 Å². The molecule has 0 aromatic carbocycles. The van der Waals surface area contributed by atoms with Gasteiger partial charge in [-0.3, -0.25) is 37.3 Å². The molecule has 0 aromatic rings. The predicted octanol–water partition coefficient (Wildman–Crippen LogP) is 25.2. The molecule has 3 N–H and O–H groups in total. The number of rotatable bonds is 83. The second-order valence-corrected chi connectivity index (χ2v) is 33.3. The second-order valence-electron chi connectivity index (χ2n) is 30.3. The van der Waals surface area contributed by atoms with Crippen molar-refractivity contribution in [1.82, 2.24) is 0 Å². The van der Waals surface area contributed by atoms with Crippen LogP contribution in [0.4, 0.5) is 0 Å². The summed E-state index contributed by atoms with van der Waals surface area (Å²) in [5, 5.41) is 10.6. The number of aliphatic hydroxyl groups is 1. The van der Waals surface area contributed by atoms with Gasteiger partial charge in [-0.25, -0.2) is 9.13 Å². The van der Waals surface area contributed by atoms with Crippen LogP contribution >= 0.6 is 15.6 Å². The molecule has 0 rings (SSSR count). The van der Waals surface area contributed by atoms with Crippen LogP contribution in [-0.4, -0.2) is 96.7 Å². The number of carbonyl (C=O) groups is 4. The quantitative estimate of drug-likeness (QED) is 0.0222. The summed E-state index contributed by atoms with van der Waals surface area (Å²) in [6.45, 7) is 7.24. The first-order valence-electron chi connectivity index (χ1n) is 43.1. The van der Waals surface area contributed by atoms with Crippen molar-refractivity contribution in [3.05, 3.63) is 0 Å². The molecular weight excluding hydrogens is 1330 g/mol. The SMILES string of the molecule is CCCCCCCCCCCCCCCCCCCCCCCC(=O)OC[C@H](COP(=O)(O)OC[C@@H](O)COP(=O)(O)OC[C@@H](COC(=O)CCCCCCCCC(C)C)OC(=O)CCCCCCCCCCCCC)OC(=O)CCCCCCCCCCCCCCCCCCCCCCC. The van der Waals surface area contributed by atoms with Crippen molar-refractivity contribution >= 4 is 39.5 Å². The fraction of sp³-hybridized carbons (Fsp3) is 0.952. The molecule has 17 nitrogen and oxygen atoms in total. The minimum atomic E-state index is -4.96. The summed E-state index contributed by atoms with van der Waals surface area (Å²) in [4.78, 5) is 73.0. The minimum absolute atomic E-state index is 0.106. The summed E-state index contributed by atoms with van der Waals surface area (Å²) >= 11 is 0. The van der Waals surface area contributed by atoms with Crippen LogP contribution in [0.3, 0.4) is 0 Å². The molecule has 19 heteroatoms. The van der Waals surface area contributed by atoms with Gasteiger partial charge in [-0.05, 0) is 31.6 Å². The zero-order valence-electron chi connectivity index (χ0n) is 66.8. The fourth-order valence-corrected chi connectivity index (χ4v) is 14.5. The molecule has 0 aliphatic heterocycles. The molecule has 0 saturated heterocycles. The fourth-order valence-electron chi connectivity index (χ4n) is 12.9. The van der Waals surface area contributed by atoms with E-state index in [4.69, 9.17) is 37.0 Å². The number of phosphoric acid groups is 2. The van der Waals surface area contributed by atoms with Gasteiger partial charge in [0, 0.05) is 25.7 Å². The molecule has 0 amide bonds. The number of hydrogen-bond acceptors (Lipinski definition) is 15. The van der Waals surface area contributed by atoms with E-state index >= 15 is 0 Å². The molecule has 0 aromatic heterocycles. The number of carbonyl (C=O) groups excluding carboxylic acids is 4. The molecule has 606 valence electrons. The number of aliphatic hydroxyl groups excluding tert-OH is 1. The molecule has 2 unspecified atom stereocenters. The van der Waals surface area contributed by atoms with Crippen LogP contribution in [0.5, 0.6) is 0 Å². The Morgan fingerprint density at radius 1 is 0.265 bits per heavy atom. The van der Waals surface area contributed by atoms with E-state index in [-0.39, 0.29) is 25.7 Å². The average molecular weight is 1490 g/mol. The van der Waals surface area contributed by atoms with Gasteiger partial charge in [-0.2, -0.15) is 0 Å². The van der Waals surface area contributed by atoms with E-state index in [0.29, 0.717) is 31.6 Å². The molecule has 102 heavy (non-hydrogen) atoms. The van der Waals surface area contributed by atoms with E-state index in [1.807, 2.05) is 0 Å². The normalized spacial score (nSPS) is 13.8. The summed E-state index contributed by atoms with van der Waals surface area (Å²) in [5.41, 5.74) is 0. The van der Waals surface area contributed by atoms with E-state index in [9.17, 15) is 43.2 Å². The monoisotopic (exact) mass is 1490 g/mol. The van der Waals surface area contributed by atoms with E-state index < -0.39 is 97.5 Å². The Morgan fingerprint density at radius 2 is 0.451 bits per heavy atom. The first-order chi connectivity index (χ1) is 49.5. The van der Waals surface area contributed by atoms with Gasteiger partial charge in [0.2, 0.25) is 0 Å². The van der Waals surface area contributed by atoms with E-state index in [1.54, 1.807) is 0 Å². The van der Waals surface area contributed by atoms with Gasteiger partial charge in [-0.15, -0.1) is 0 Å². The lowest BCUT2D eigenvalue weighted by molar-refractivity contribution is -0.161. The largest absolute Gasteiger partial charge is 0.472 e. The van der Waals surface area contributed by atoms with Crippen LogP contribution < -0.4 is 0 Å². The highest BCUT2D eigenvalue weighted by atomic mass is 31.2. The Kier molecular flexibility index (Phi) is 74.4. The first kappa shape index (κ1) is 100. The van der Waals surface area contributed by atoms with Gasteiger partial charge in [0.25, 0.3) is 0 Å². The van der Waals surface area contributed by atoms with Gasteiger partial charge >= 0.3 is 39.5 Å². The Bertz CT molecular complexity index is 1940. The maximum absolute atomic E-state index is 13.1. The Morgan fingerprint density at radius 3 is 0.667 bits per heavy atom. The number of esters is 4. The molecule has 0 aliphatic carbocycles. The lowest BCUT2D eigenvalue weighted by Crippen LogP contribution is -2.30. The molecule has 0 aliphatic rings. The van der Waals surface area contributed by atoms with Crippen molar-refractivity contribution in [3.63, 3.8) is 0 Å². The maximum Gasteiger partial charge on any atom is 0.472 e. The van der Waals surface area contributed by atoms with Gasteiger partial charge < -0.3 is 33.8 Å². The minimum Gasteiger partial charge on any atom is -0.462 e. The van der Waals surface area contributed by atoms with Crippen LogP contribution in [-0.2, 0) is 65.4 Å². The smallest absolute Gasteiger partial charge is 0.462 e. The van der Waals surface area contributed by atoms with E-state index in [2.05, 4.69) is 34.6 Å². The predicted molar refractivity (Wildman–Crippen MR) is 418 cm³/mol. The zero-order valence-corrected chi connectivity index (χ0v) is 68.5. The summed E-state index contributed by atoms with van der Waals surface area (Å²) in [7, 11) is -9.92. The summed E-state index contributed by atoms with van der Waals surface area (Å²) in [6, 6.07) is 0. The Hall–Kier alpha value is -1.94. The topological polar surface area (TPSA) is 237 Å². The van der Waals surface area contributed by atoms with Crippen LogP contribution in [0.25, 0.3) is 0 Å². The lowest BCUT2D eigenvalue weighted by Gasteiger charge is -2.21. The first-order valence-corrected chi connectivity index (χ1v) is 46.1. The van der Waals surface area contributed by atoms with Crippen molar-refractivity contribution in [3.8, 4) is 0 Å². The molecular formula is C83H162O17P2. The third-order valence-corrected chi connectivity index (χ3v) is 21.4. The van der Waals surface area contributed by atoms with Gasteiger partial charge in [0.05, 0.1) is 26.4 Å². The summed E-state index contributed by atoms with van der Waals surface area (Å²) in [6.07, 6.45) is 68.4.